The summed E-state index contributed by atoms with van der Waals surface area (Å²) in [6.45, 7) is 8.09. The number of thioether (sulfide) groups is 2. The molecule has 0 spiro atoms. The molecule has 18 atom stereocenters. The Bertz CT molecular complexity index is 1630. The van der Waals surface area contributed by atoms with Crippen LogP contribution in [0.2, 0.25) is 0 Å². The Morgan fingerprint density at radius 1 is 0.468 bits per heavy atom. The molecule has 24 nitrogen and oxygen atoms in total. The lowest BCUT2D eigenvalue weighted by atomic mass is 9.84. The fourth-order valence-electron chi connectivity index (χ4n) is 10.3. The molecule has 79 heavy (non-hydrogen) atoms. The second-order valence-electron chi connectivity index (χ2n) is 21.6. The van der Waals surface area contributed by atoms with Gasteiger partial charge in [-0.1, -0.05) is 12.8 Å². The van der Waals surface area contributed by atoms with Gasteiger partial charge in [0, 0.05) is 88.2 Å². The van der Waals surface area contributed by atoms with Gasteiger partial charge in [-0.15, -0.1) is 0 Å². The van der Waals surface area contributed by atoms with E-state index < -0.39 is 110 Å². The second-order valence-corrected chi connectivity index (χ2v) is 24.8. The summed E-state index contributed by atoms with van der Waals surface area (Å²) < 4.78 is 36.4. The number of aliphatic hydroxyl groups excluding tert-OH is 4. The monoisotopic (exact) mass is 1200 g/mol. The van der Waals surface area contributed by atoms with Gasteiger partial charge in [-0.2, -0.15) is 23.5 Å². The lowest BCUT2D eigenvalue weighted by Gasteiger charge is -2.45. The SMILES string of the molecule is NCCCCCN(CCCCNC(=S)NCCSCCCCO[C@@H]1C(O)[C@H](N)CC(N)[C@@H]1O[C@@H]1OC(CN)[C@@H](O)CC1N)CCCNC(=S)NCCSCCCCCO[C@@H]1C(O)[C@H](N)CC(N)[C@@H]1O[C@@H]1OC(CN)[C@@H](O)CC1N. The number of unbranched alkanes of at least 4 members (excludes halogenated alkanes) is 6. The summed E-state index contributed by atoms with van der Waals surface area (Å²) in [5.41, 5.74) is 55.1. The molecule has 2 saturated carbocycles. The van der Waals surface area contributed by atoms with Crippen LogP contribution in [0, 0.1) is 0 Å². The standard InChI is InChI=1S/C51H106N14O10S4/c52-12-3-1-5-17-65(18-6-4-13-61-50(76)63-16-25-79-23-10-8-21-71-47-43(69)33(56)27-35(58)45(47)75-49-37(60)29-39(67)41(31-54)73-49)19-11-14-62-51(77)64-15-24-78-22-9-2-7-20-70-46-42(68)32(55)26-34(57)44(46)74-48-36(59)28-38(66)40(30-53)72-48/h32-49,66-69H,1-31,52-60H2,(H2,61,63,76)(H2,62,64,77)/t32-,33-,34?,35?,36?,37?,38+,39+,40?,41?,42?,43?,44+,45+,46-,47-,48+,49+/m1/s1. The average molecular weight is 1200 g/mol. The Balaban J connectivity index is 0.975. The van der Waals surface area contributed by atoms with Crippen LogP contribution >= 0.6 is 48.0 Å². The highest BCUT2D eigenvalue weighted by Crippen LogP contribution is 2.30. The van der Waals surface area contributed by atoms with Crippen molar-refractivity contribution < 1.29 is 48.8 Å². The van der Waals surface area contributed by atoms with Gasteiger partial charge in [0.1, 0.15) is 24.4 Å². The molecule has 464 valence electrons. The van der Waals surface area contributed by atoms with E-state index in [-0.39, 0.29) is 25.9 Å². The van der Waals surface area contributed by atoms with Crippen LogP contribution in [-0.4, -0.2) is 247 Å². The van der Waals surface area contributed by atoms with Crippen LogP contribution in [0.5, 0.6) is 0 Å². The highest BCUT2D eigenvalue weighted by atomic mass is 32.2. The molecule has 2 saturated heterocycles. The maximum absolute atomic E-state index is 10.9. The molecule has 0 aromatic heterocycles. The summed E-state index contributed by atoms with van der Waals surface area (Å²) in [7, 11) is 0. The van der Waals surface area contributed by atoms with Crippen LogP contribution in [0.25, 0.3) is 0 Å². The molecule has 26 N–H and O–H groups in total. The molecule has 0 aromatic rings. The molecule has 28 heteroatoms. The van der Waals surface area contributed by atoms with Gasteiger partial charge >= 0.3 is 0 Å². The van der Waals surface area contributed by atoms with Gasteiger partial charge in [0.2, 0.25) is 0 Å². The van der Waals surface area contributed by atoms with Gasteiger partial charge in [0.15, 0.2) is 22.8 Å². The van der Waals surface area contributed by atoms with E-state index in [4.69, 9.17) is 104 Å². The van der Waals surface area contributed by atoms with Crippen LogP contribution in [0.1, 0.15) is 96.3 Å². The first-order valence-corrected chi connectivity index (χ1v) is 32.3. The van der Waals surface area contributed by atoms with Crippen molar-refractivity contribution in [3.63, 3.8) is 0 Å². The third-order valence-corrected chi connectivity index (χ3v) is 17.7. The number of hydrogen-bond donors (Lipinski definition) is 17. The number of thiocarbonyl (C=S) groups is 2. The first-order valence-electron chi connectivity index (χ1n) is 29.2. The van der Waals surface area contributed by atoms with Crippen LogP contribution < -0.4 is 72.9 Å². The number of nitrogens with two attached hydrogens (primary N) is 9. The van der Waals surface area contributed by atoms with Crippen LogP contribution in [0.3, 0.4) is 0 Å². The lowest BCUT2D eigenvalue weighted by Crippen LogP contribution is -2.65. The summed E-state index contributed by atoms with van der Waals surface area (Å²) >= 11 is 14.9. The van der Waals surface area contributed by atoms with Crippen molar-refractivity contribution in [2.75, 3.05) is 102 Å². The van der Waals surface area contributed by atoms with Crippen molar-refractivity contribution in [3.8, 4) is 0 Å². The molecular weight excluding hydrogens is 1100 g/mol. The quantitative estimate of drug-likeness (QED) is 0.0213. The molecule has 4 aliphatic rings. The molecule has 0 radical (unpaired) electrons. The summed E-state index contributed by atoms with van der Waals surface area (Å²) in [5.74, 6) is 3.83. The summed E-state index contributed by atoms with van der Waals surface area (Å²) in [5, 5.41) is 57.1. The van der Waals surface area contributed by atoms with Gasteiger partial charge in [0.25, 0.3) is 0 Å². The molecule has 0 amide bonds. The molecule has 2 aliphatic carbocycles. The summed E-state index contributed by atoms with van der Waals surface area (Å²) in [6.07, 6.45) is 3.11. The van der Waals surface area contributed by atoms with E-state index in [2.05, 4.69) is 26.2 Å². The zero-order chi connectivity index (χ0) is 57.5. The average Bonchev–Trinajstić information content (AvgIpc) is 3.49. The van der Waals surface area contributed by atoms with Gasteiger partial charge in [-0.3, -0.25) is 0 Å². The largest absolute Gasteiger partial charge is 0.390 e. The van der Waals surface area contributed by atoms with Crippen LogP contribution in [0.15, 0.2) is 0 Å². The van der Waals surface area contributed by atoms with Gasteiger partial charge < -0.3 is 127 Å². The number of nitrogens with zero attached hydrogens (tertiary/aromatic N) is 1. The van der Waals surface area contributed by atoms with E-state index >= 15 is 0 Å². The molecule has 2 heterocycles. The fraction of sp³-hybridized carbons (Fsp3) is 0.961. The fourth-order valence-corrected chi connectivity index (χ4v) is 12.4. The number of aliphatic hydroxyl groups is 4. The topological polar surface area (TPSA) is 422 Å². The number of ether oxygens (including phenoxy) is 6. The lowest BCUT2D eigenvalue weighted by molar-refractivity contribution is -0.272. The van der Waals surface area contributed by atoms with E-state index in [0.29, 0.717) is 36.3 Å². The zero-order valence-corrected chi connectivity index (χ0v) is 50.1. The minimum Gasteiger partial charge on any atom is -0.390 e. The number of rotatable bonds is 39. The van der Waals surface area contributed by atoms with Crippen molar-refractivity contribution in [3.05, 3.63) is 0 Å². The van der Waals surface area contributed by atoms with E-state index in [1.807, 2.05) is 23.5 Å². The number of hydrogen-bond acceptors (Lipinski definition) is 24. The van der Waals surface area contributed by atoms with E-state index in [1.54, 1.807) is 0 Å². The minimum absolute atomic E-state index is 0.126. The molecule has 4 fully saturated rings. The highest BCUT2D eigenvalue weighted by molar-refractivity contribution is 7.99. The normalized spacial score (nSPS) is 33.2. The van der Waals surface area contributed by atoms with Gasteiger partial charge in [-0.25, -0.2) is 0 Å². The van der Waals surface area contributed by atoms with E-state index in [9.17, 15) is 20.4 Å². The molecular formula is C51H106N14O10S4. The predicted molar refractivity (Wildman–Crippen MR) is 323 cm³/mol. The molecule has 8 unspecified atom stereocenters. The molecule has 0 aromatic carbocycles. The highest BCUT2D eigenvalue weighted by Gasteiger charge is 2.48. The Kier molecular flexibility index (Phi) is 36.3. The molecule has 0 bridgehead atoms. The first-order chi connectivity index (χ1) is 38.1. The Labute approximate surface area is 490 Å². The smallest absolute Gasteiger partial charge is 0.173 e. The van der Waals surface area contributed by atoms with Crippen molar-refractivity contribution in [1.29, 1.82) is 0 Å². The van der Waals surface area contributed by atoms with Crippen molar-refractivity contribution in [1.82, 2.24) is 26.2 Å². The maximum Gasteiger partial charge on any atom is 0.173 e. The van der Waals surface area contributed by atoms with Gasteiger partial charge in [0.05, 0.1) is 48.7 Å². The van der Waals surface area contributed by atoms with Crippen molar-refractivity contribution >= 4 is 58.2 Å². The third-order valence-electron chi connectivity index (χ3n) is 15.0. The Morgan fingerprint density at radius 3 is 1.37 bits per heavy atom. The molecule has 4 rings (SSSR count). The third kappa shape index (κ3) is 26.2. The van der Waals surface area contributed by atoms with Crippen molar-refractivity contribution in [2.45, 2.75) is 206 Å². The zero-order valence-electron chi connectivity index (χ0n) is 46.8. The minimum atomic E-state index is -0.954. The van der Waals surface area contributed by atoms with Gasteiger partial charge in [-0.05, 0) is 146 Å². The number of nitrogens with one attached hydrogen (secondary N) is 4. The van der Waals surface area contributed by atoms with E-state index in [1.165, 1.54) is 0 Å². The second kappa shape index (κ2) is 40.6. The summed E-state index contributed by atoms with van der Waals surface area (Å²) in [6, 6.07) is -3.19. The van der Waals surface area contributed by atoms with Crippen LogP contribution in [-0.2, 0) is 28.4 Å². The Hall–Kier alpha value is -0.720. The summed E-state index contributed by atoms with van der Waals surface area (Å²) in [4.78, 5) is 2.55. The van der Waals surface area contributed by atoms with E-state index in [0.717, 1.165) is 146 Å². The predicted octanol–water partition coefficient (Wildman–Crippen LogP) is -3.16. The first kappa shape index (κ1) is 70.8. The van der Waals surface area contributed by atoms with Crippen LogP contribution in [0.4, 0.5) is 0 Å². The molecule has 2 aliphatic heterocycles. The maximum atomic E-state index is 10.9. The van der Waals surface area contributed by atoms with Crippen molar-refractivity contribution in [2.24, 2.45) is 51.6 Å². The Morgan fingerprint density at radius 2 is 0.886 bits per heavy atom.